The number of carbonyl (C=O) groups excluding carboxylic acids is 3. The molecule has 1 atom stereocenters. The van der Waals surface area contributed by atoms with Crippen molar-refractivity contribution in [1.82, 2.24) is 14.9 Å². The van der Waals surface area contributed by atoms with E-state index in [0.29, 0.717) is 18.5 Å². The maximum absolute atomic E-state index is 12.7. The van der Waals surface area contributed by atoms with Gasteiger partial charge in [0.1, 0.15) is 5.82 Å². The molecular formula is C18H19N5O4. The van der Waals surface area contributed by atoms with Crippen molar-refractivity contribution in [2.75, 3.05) is 11.9 Å². The lowest BCUT2D eigenvalue weighted by Crippen LogP contribution is -2.44. The Kier molecular flexibility index (Phi) is 5.30. The van der Waals surface area contributed by atoms with E-state index in [2.05, 4.69) is 15.3 Å². The summed E-state index contributed by atoms with van der Waals surface area (Å²) in [7, 11) is 0. The van der Waals surface area contributed by atoms with Gasteiger partial charge in [0.25, 0.3) is 5.91 Å². The van der Waals surface area contributed by atoms with Gasteiger partial charge in [-0.25, -0.2) is 4.98 Å². The van der Waals surface area contributed by atoms with E-state index >= 15 is 0 Å². The van der Waals surface area contributed by atoms with Crippen molar-refractivity contribution < 1.29 is 14.4 Å². The van der Waals surface area contributed by atoms with Crippen molar-refractivity contribution in [2.45, 2.75) is 25.3 Å². The number of pyridine rings is 2. The van der Waals surface area contributed by atoms with Gasteiger partial charge in [-0.1, -0.05) is 0 Å². The first-order valence-corrected chi connectivity index (χ1v) is 8.53. The largest absolute Gasteiger partial charge is 0.365 e. The van der Waals surface area contributed by atoms with Crippen LogP contribution in [-0.4, -0.2) is 39.1 Å². The molecule has 2 aromatic heterocycles. The number of nitrogens with zero attached hydrogens (tertiary/aromatic N) is 2. The van der Waals surface area contributed by atoms with Crippen molar-refractivity contribution in [3.8, 4) is 0 Å². The Bertz CT molecular complexity index is 939. The Hall–Kier alpha value is -3.49. The molecule has 2 aromatic rings. The molecule has 3 heterocycles. The van der Waals surface area contributed by atoms with Gasteiger partial charge in [-0.15, -0.1) is 0 Å². The highest BCUT2D eigenvalue weighted by atomic mass is 16.2. The Balaban J connectivity index is 1.82. The quantitative estimate of drug-likeness (QED) is 0.679. The molecule has 3 rings (SSSR count). The zero-order valence-electron chi connectivity index (χ0n) is 14.5. The lowest BCUT2D eigenvalue weighted by molar-refractivity contribution is -0.145. The van der Waals surface area contributed by atoms with E-state index in [-0.39, 0.29) is 23.0 Å². The highest BCUT2D eigenvalue weighted by Gasteiger charge is 2.32. The maximum atomic E-state index is 12.7. The standard InChI is InChI=1S/C18H19N5O4/c19-15(25)12-4-3-7-21-16(12)22-17(26)18(27)23-9-2-1-5-13(23)11-6-8-20-14(24)10-11/h3-4,6-8,10,13H,1-2,5,9H2,(H2,19,25)(H,20,24)(H,21,22,26). The van der Waals surface area contributed by atoms with Gasteiger partial charge >= 0.3 is 11.8 Å². The first-order chi connectivity index (χ1) is 13.0. The zero-order chi connectivity index (χ0) is 19.4. The summed E-state index contributed by atoms with van der Waals surface area (Å²) in [5.41, 5.74) is 5.69. The van der Waals surface area contributed by atoms with Crippen LogP contribution in [0.5, 0.6) is 0 Å². The van der Waals surface area contributed by atoms with Gasteiger partial charge in [0.2, 0.25) is 5.56 Å². The number of aromatic nitrogens is 2. The number of aromatic amines is 1. The first-order valence-electron chi connectivity index (χ1n) is 8.53. The summed E-state index contributed by atoms with van der Waals surface area (Å²) < 4.78 is 0. The second kappa shape index (κ2) is 7.81. The van der Waals surface area contributed by atoms with Gasteiger partial charge in [-0.2, -0.15) is 0 Å². The smallest absolute Gasteiger partial charge is 0.315 e. The molecule has 1 saturated heterocycles. The monoisotopic (exact) mass is 369 g/mol. The Morgan fingerprint density at radius 3 is 2.81 bits per heavy atom. The van der Waals surface area contributed by atoms with E-state index in [1.54, 1.807) is 6.07 Å². The second-order valence-electron chi connectivity index (χ2n) is 6.21. The molecule has 9 nitrogen and oxygen atoms in total. The average Bonchev–Trinajstić information content (AvgIpc) is 2.67. The number of hydrogen-bond donors (Lipinski definition) is 3. The summed E-state index contributed by atoms with van der Waals surface area (Å²) in [6.45, 7) is 0.397. The molecule has 4 N–H and O–H groups in total. The predicted octanol–water partition coefficient (Wildman–Crippen LogP) is 0.561. The molecule has 1 aliphatic heterocycles. The van der Waals surface area contributed by atoms with Crippen molar-refractivity contribution in [3.05, 3.63) is 58.1 Å². The minimum Gasteiger partial charge on any atom is -0.365 e. The van der Waals surface area contributed by atoms with E-state index in [4.69, 9.17) is 5.73 Å². The van der Waals surface area contributed by atoms with Gasteiger partial charge in [0.15, 0.2) is 0 Å². The van der Waals surface area contributed by atoms with Crippen LogP contribution in [0.2, 0.25) is 0 Å². The SMILES string of the molecule is NC(=O)c1cccnc1NC(=O)C(=O)N1CCCCC1c1cc[nH]c(=O)c1. The summed E-state index contributed by atoms with van der Waals surface area (Å²) in [6.07, 6.45) is 5.19. The van der Waals surface area contributed by atoms with Crippen LogP contribution in [-0.2, 0) is 9.59 Å². The maximum Gasteiger partial charge on any atom is 0.315 e. The number of amides is 3. The number of nitrogens with two attached hydrogens (primary N) is 1. The molecular weight excluding hydrogens is 350 g/mol. The molecule has 3 amide bonds. The number of nitrogens with one attached hydrogen (secondary N) is 2. The van der Waals surface area contributed by atoms with E-state index in [1.165, 1.54) is 35.5 Å². The molecule has 1 unspecified atom stereocenters. The fraction of sp³-hybridized carbons (Fsp3) is 0.278. The molecule has 0 bridgehead atoms. The molecule has 0 aliphatic carbocycles. The third-order valence-electron chi connectivity index (χ3n) is 4.45. The normalized spacial score (nSPS) is 16.6. The highest BCUT2D eigenvalue weighted by molar-refractivity contribution is 6.39. The fourth-order valence-corrected chi connectivity index (χ4v) is 3.18. The Morgan fingerprint density at radius 2 is 2.07 bits per heavy atom. The van der Waals surface area contributed by atoms with E-state index < -0.39 is 17.7 Å². The van der Waals surface area contributed by atoms with Gasteiger partial charge in [0, 0.05) is 25.0 Å². The van der Waals surface area contributed by atoms with Crippen LogP contribution < -0.4 is 16.6 Å². The molecule has 0 spiro atoms. The number of anilines is 1. The van der Waals surface area contributed by atoms with E-state index in [0.717, 1.165) is 12.8 Å². The van der Waals surface area contributed by atoms with E-state index in [1.807, 2.05) is 0 Å². The zero-order valence-corrected chi connectivity index (χ0v) is 14.5. The molecule has 9 heteroatoms. The Labute approximate surface area is 154 Å². The number of primary amides is 1. The summed E-state index contributed by atoms with van der Waals surface area (Å²) in [6, 6.07) is 5.71. The van der Waals surface area contributed by atoms with Crippen molar-refractivity contribution in [3.63, 3.8) is 0 Å². The number of piperidine rings is 1. The predicted molar refractivity (Wildman–Crippen MR) is 96.8 cm³/mol. The van der Waals surface area contributed by atoms with Gasteiger partial charge in [-0.05, 0) is 43.0 Å². The lowest BCUT2D eigenvalue weighted by Gasteiger charge is -2.35. The number of rotatable bonds is 3. The van der Waals surface area contributed by atoms with Gasteiger partial charge < -0.3 is 20.9 Å². The minimum atomic E-state index is -0.909. The van der Waals surface area contributed by atoms with Crippen LogP contribution in [0.4, 0.5) is 5.82 Å². The van der Waals surface area contributed by atoms with Crippen molar-refractivity contribution >= 4 is 23.5 Å². The minimum absolute atomic E-state index is 0.0171. The highest BCUT2D eigenvalue weighted by Crippen LogP contribution is 2.30. The van der Waals surface area contributed by atoms with Crippen molar-refractivity contribution in [2.24, 2.45) is 5.73 Å². The average molecular weight is 369 g/mol. The van der Waals surface area contributed by atoms with Crippen molar-refractivity contribution in [1.29, 1.82) is 0 Å². The number of carbonyl (C=O) groups is 3. The molecule has 27 heavy (non-hydrogen) atoms. The molecule has 0 saturated carbocycles. The first kappa shape index (κ1) is 18.3. The number of H-pyrrole nitrogens is 1. The molecule has 0 aromatic carbocycles. The number of hydrogen-bond acceptors (Lipinski definition) is 5. The lowest BCUT2D eigenvalue weighted by atomic mass is 9.96. The van der Waals surface area contributed by atoms with Crippen LogP contribution in [0.1, 0.15) is 41.2 Å². The molecule has 0 radical (unpaired) electrons. The fourth-order valence-electron chi connectivity index (χ4n) is 3.18. The topological polar surface area (TPSA) is 138 Å². The van der Waals surface area contributed by atoms with Crippen LogP contribution in [0.15, 0.2) is 41.5 Å². The third kappa shape index (κ3) is 4.02. The van der Waals surface area contributed by atoms with E-state index in [9.17, 15) is 19.2 Å². The molecule has 1 fully saturated rings. The van der Waals surface area contributed by atoms with Crippen LogP contribution in [0.25, 0.3) is 0 Å². The summed E-state index contributed by atoms with van der Waals surface area (Å²) in [5.74, 6) is -2.48. The summed E-state index contributed by atoms with van der Waals surface area (Å²) >= 11 is 0. The molecule has 1 aliphatic rings. The Morgan fingerprint density at radius 1 is 1.26 bits per heavy atom. The van der Waals surface area contributed by atoms with Gasteiger partial charge in [-0.3, -0.25) is 19.2 Å². The summed E-state index contributed by atoms with van der Waals surface area (Å²) in [4.78, 5) is 56.1. The second-order valence-corrected chi connectivity index (χ2v) is 6.21. The summed E-state index contributed by atoms with van der Waals surface area (Å²) in [5, 5.41) is 2.36. The molecule has 140 valence electrons. The van der Waals surface area contributed by atoms with Crippen LogP contribution in [0.3, 0.4) is 0 Å². The number of likely N-dealkylation sites (tertiary alicyclic amines) is 1. The van der Waals surface area contributed by atoms with Crippen LogP contribution >= 0.6 is 0 Å². The van der Waals surface area contributed by atoms with Crippen LogP contribution in [0, 0.1) is 0 Å². The van der Waals surface area contributed by atoms with Gasteiger partial charge in [0.05, 0.1) is 11.6 Å². The third-order valence-corrected chi connectivity index (χ3v) is 4.45.